The predicted octanol–water partition coefficient (Wildman–Crippen LogP) is 4.68. The topological polar surface area (TPSA) is 113 Å². The number of hydrogen-bond acceptors (Lipinski definition) is 4. The first-order valence-corrected chi connectivity index (χ1v) is 13.3. The Kier molecular flexibility index (Phi) is 17.8. The molecule has 33 heavy (non-hydrogen) atoms. The maximum absolute atomic E-state index is 13.3. The van der Waals surface area contributed by atoms with Crippen molar-refractivity contribution < 1.29 is 14.4 Å². The number of hydrogen-bond donors (Lipinski definition) is 4. The highest BCUT2D eigenvalue weighted by atomic mass is 16.2. The number of carbonyl (C=O) groups is 3. The maximum atomic E-state index is 13.3. The van der Waals surface area contributed by atoms with Crippen LogP contribution in [0.25, 0.3) is 0 Å². The Labute approximate surface area is 202 Å². The van der Waals surface area contributed by atoms with E-state index in [0.717, 1.165) is 44.9 Å². The maximum Gasteiger partial charge on any atom is 0.312 e. The highest BCUT2D eigenvalue weighted by molar-refractivity contribution is 5.92. The lowest BCUT2D eigenvalue weighted by molar-refractivity contribution is -0.131. The lowest BCUT2D eigenvalue weighted by Gasteiger charge is -2.30. The molecule has 0 saturated heterocycles. The fourth-order valence-corrected chi connectivity index (χ4v) is 4.19. The van der Waals surface area contributed by atoms with Crippen molar-refractivity contribution in [3.05, 3.63) is 0 Å². The molecular weight excluding hydrogens is 416 g/mol. The molecule has 0 bridgehead atoms. The predicted molar refractivity (Wildman–Crippen MR) is 137 cm³/mol. The molecule has 0 saturated carbocycles. The van der Waals surface area contributed by atoms with Crippen molar-refractivity contribution in [1.82, 2.24) is 16.0 Å². The van der Waals surface area contributed by atoms with Crippen LogP contribution in [0.2, 0.25) is 0 Å². The van der Waals surface area contributed by atoms with E-state index in [2.05, 4.69) is 36.7 Å². The van der Waals surface area contributed by atoms with Crippen molar-refractivity contribution in [3.63, 3.8) is 0 Å². The Hall–Kier alpha value is -1.63. The second-order valence-corrected chi connectivity index (χ2v) is 9.81. The highest BCUT2D eigenvalue weighted by Crippen LogP contribution is 2.16. The minimum absolute atomic E-state index is 0.0754. The quantitative estimate of drug-likeness (QED) is 0.194. The van der Waals surface area contributed by atoms with Crippen molar-refractivity contribution in [1.29, 1.82) is 0 Å². The molecule has 0 rings (SSSR count). The molecule has 3 amide bonds. The third kappa shape index (κ3) is 14.3. The van der Waals surface area contributed by atoms with Crippen LogP contribution < -0.4 is 21.7 Å². The van der Waals surface area contributed by atoms with E-state index in [4.69, 9.17) is 5.73 Å². The Morgan fingerprint density at radius 2 is 1.45 bits per heavy atom. The van der Waals surface area contributed by atoms with E-state index in [1.807, 2.05) is 20.8 Å². The minimum atomic E-state index is -0.577. The first-order chi connectivity index (χ1) is 15.7. The average Bonchev–Trinajstić information content (AvgIpc) is 2.76. The molecule has 0 heterocycles. The number of rotatable bonds is 20. The van der Waals surface area contributed by atoms with Crippen molar-refractivity contribution in [3.8, 4) is 0 Å². The molecule has 3 unspecified atom stereocenters. The molecule has 194 valence electrons. The van der Waals surface area contributed by atoms with Crippen molar-refractivity contribution in [2.45, 2.75) is 130 Å². The van der Waals surface area contributed by atoms with E-state index in [1.165, 1.54) is 12.8 Å². The van der Waals surface area contributed by atoms with Gasteiger partial charge in [-0.2, -0.15) is 0 Å². The summed E-state index contributed by atoms with van der Waals surface area (Å²) in [5.41, 5.74) is 5.15. The first-order valence-electron chi connectivity index (χ1n) is 13.3. The number of nitrogens with one attached hydrogen (secondary N) is 3. The Morgan fingerprint density at radius 1 is 0.788 bits per heavy atom. The van der Waals surface area contributed by atoms with Gasteiger partial charge in [0.15, 0.2) is 5.78 Å². The van der Waals surface area contributed by atoms with Gasteiger partial charge >= 0.3 is 6.03 Å². The lowest BCUT2D eigenvalue weighted by atomic mass is 9.91. The number of amides is 3. The summed E-state index contributed by atoms with van der Waals surface area (Å²) in [5.74, 6) is -0.0241. The van der Waals surface area contributed by atoms with E-state index < -0.39 is 12.1 Å². The molecule has 0 spiro atoms. The second-order valence-electron chi connectivity index (χ2n) is 9.81. The van der Waals surface area contributed by atoms with E-state index in [1.54, 1.807) is 0 Å². The van der Waals surface area contributed by atoms with E-state index in [-0.39, 0.29) is 29.6 Å². The van der Waals surface area contributed by atoms with Crippen LogP contribution in [-0.4, -0.2) is 42.4 Å². The molecule has 7 nitrogen and oxygen atoms in total. The van der Waals surface area contributed by atoms with E-state index >= 15 is 0 Å². The third-order valence-electron chi connectivity index (χ3n) is 6.26. The minimum Gasteiger partial charge on any atom is -0.352 e. The van der Waals surface area contributed by atoms with Crippen LogP contribution in [0, 0.1) is 11.8 Å². The van der Waals surface area contributed by atoms with Gasteiger partial charge in [-0.25, -0.2) is 4.79 Å². The summed E-state index contributed by atoms with van der Waals surface area (Å²) < 4.78 is 0. The Bertz CT molecular complexity index is 554. The normalized spacial score (nSPS) is 15.0. The number of carbonyl (C=O) groups excluding carboxylic acids is 3. The van der Waals surface area contributed by atoms with Gasteiger partial charge in [0.1, 0.15) is 0 Å². The van der Waals surface area contributed by atoms with Gasteiger partial charge in [0.05, 0.1) is 12.1 Å². The van der Waals surface area contributed by atoms with Crippen LogP contribution >= 0.6 is 0 Å². The molecule has 7 heteroatoms. The fourth-order valence-electron chi connectivity index (χ4n) is 4.19. The van der Waals surface area contributed by atoms with Crippen LogP contribution in [0.4, 0.5) is 4.79 Å². The summed E-state index contributed by atoms with van der Waals surface area (Å²) in [7, 11) is 0. The summed E-state index contributed by atoms with van der Waals surface area (Å²) >= 11 is 0. The first kappa shape index (κ1) is 31.4. The van der Waals surface area contributed by atoms with Crippen LogP contribution in [0.15, 0.2) is 0 Å². The summed E-state index contributed by atoms with van der Waals surface area (Å²) in [5, 5.41) is 9.23. The van der Waals surface area contributed by atoms with Gasteiger partial charge < -0.3 is 21.7 Å². The summed E-state index contributed by atoms with van der Waals surface area (Å²) in [6, 6.07) is -1.16. The number of unbranched alkanes of at least 4 members (excludes halogenated alkanes) is 3. The molecule has 0 aromatic heterocycles. The van der Waals surface area contributed by atoms with Gasteiger partial charge in [0.2, 0.25) is 5.91 Å². The van der Waals surface area contributed by atoms with Gasteiger partial charge in [-0.1, -0.05) is 80.1 Å². The largest absolute Gasteiger partial charge is 0.352 e. The zero-order valence-corrected chi connectivity index (χ0v) is 22.2. The van der Waals surface area contributed by atoms with Gasteiger partial charge in [0.25, 0.3) is 0 Å². The van der Waals surface area contributed by atoms with E-state index in [0.29, 0.717) is 25.4 Å². The molecule has 0 fully saturated rings. The zero-order chi connectivity index (χ0) is 25.2. The van der Waals surface area contributed by atoms with E-state index in [9.17, 15) is 14.4 Å². The van der Waals surface area contributed by atoms with Gasteiger partial charge in [-0.05, 0) is 38.0 Å². The SMILES string of the molecule is CCCCCC(CCC)NC(C(=O)N[C@H](CCCNC(N)=O)C(=O)C(C)CCCC)C(C)C. The monoisotopic (exact) mass is 468 g/mol. The zero-order valence-electron chi connectivity index (χ0n) is 22.2. The molecule has 4 atom stereocenters. The summed E-state index contributed by atoms with van der Waals surface area (Å²) in [4.78, 5) is 37.5. The molecule has 0 radical (unpaired) electrons. The van der Waals surface area contributed by atoms with Gasteiger partial charge in [-0.3, -0.25) is 9.59 Å². The lowest BCUT2D eigenvalue weighted by Crippen LogP contribution is -2.55. The second kappa shape index (κ2) is 18.8. The van der Waals surface area contributed by atoms with Crippen LogP contribution in [0.3, 0.4) is 0 Å². The number of primary amides is 1. The number of urea groups is 1. The Balaban J connectivity index is 5.29. The number of Topliss-reactive ketones (excluding diaryl/α,β-unsaturated/α-hetero) is 1. The summed E-state index contributed by atoms with van der Waals surface area (Å²) in [6.07, 6.45) is 10.6. The standard InChI is InChI=1S/C26H52N4O3/c1-7-10-12-16-21(14-9-3)29-23(19(4)5)25(32)30-22(17-13-18-28-26(27)33)24(31)20(6)15-11-8-2/h19-23,29H,7-18H2,1-6H3,(H,30,32)(H3,27,28,33)/t20?,21?,22-,23?/m1/s1. The molecule has 0 aromatic carbocycles. The van der Waals surface area contributed by atoms with Crippen LogP contribution in [-0.2, 0) is 9.59 Å². The van der Waals surface area contributed by atoms with Crippen molar-refractivity contribution >= 4 is 17.7 Å². The molecule has 0 aliphatic heterocycles. The number of nitrogens with two attached hydrogens (primary N) is 1. The molecule has 0 aliphatic rings. The van der Waals surface area contributed by atoms with Crippen LogP contribution in [0.5, 0.6) is 0 Å². The Morgan fingerprint density at radius 3 is 2.00 bits per heavy atom. The van der Waals surface area contributed by atoms with Crippen LogP contribution in [0.1, 0.15) is 112 Å². The number of ketones is 1. The summed E-state index contributed by atoms with van der Waals surface area (Å²) in [6.45, 7) is 12.9. The third-order valence-corrected chi connectivity index (χ3v) is 6.26. The molecule has 5 N–H and O–H groups in total. The highest BCUT2D eigenvalue weighted by Gasteiger charge is 2.30. The average molecular weight is 469 g/mol. The van der Waals surface area contributed by atoms with Crippen molar-refractivity contribution in [2.75, 3.05) is 6.54 Å². The molecule has 0 aromatic rings. The van der Waals surface area contributed by atoms with Gasteiger partial charge in [0, 0.05) is 18.5 Å². The molecule has 0 aliphatic carbocycles. The van der Waals surface area contributed by atoms with Crippen molar-refractivity contribution in [2.24, 2.45) is 17.6 Å². The smallest absolute Gasteiger partial charge is 0.312 e. The fraction of sp³-hybridized carbons (Fsp3) is 0.885. The van der Waals surface area contributed by atoms with Gasteiger partial charge in [-0.15, -0.1) is 0 Å². The molecular formula is C26H52N4O3.